The quantitative estimate of drug-likeness (QED) is 0.0877. The predicted molar refractivity (Wildman–Crippen MR) is 181 cm³/mol. The zero-order valence-electron chi connectivity index (χ0n) is 23.1. The second kappa shape index (κ2) is 16.0. The van der Waals surface area contributed by atoms with Crippen molar-refractivity contribution in [1.29, 1.82) is 16.2 Å². The van der Waals surface area contributed by atoms with E-state index in [9.17, 15) is 9.59 Å². The molecule has 10 nitrogen and oxygen atoms in total. The molecule has 0 atom stereocenters. The molecule has 0 saturated carbocycles. The van der Waals surface area contributed by atoms with E-state index in [0.29, 0.717) is 29.4 Å². The van der Waals surface area contributed by atoms with Crippen molar-refractivity contribution in [1.82, 2.24) is 15.3 Å². The summed E-state index contributed by atoms with van der Waals surface area (Å²) in [6.45, 7) is 0. The molecule has 220 valence electrons. The molecule has 0 saturated heterocycles. The number of carbonyl (C=O) groups is 2. The third-order valence-corrected chi connectivity index (χ3v) is 8.44. The number of aliphatic imine (C=N–C) groups is 1. The summed E-state index contributed by atoms with van der Waals surface area (Å²) in [5.74, 6) is 0.597. The second-order valence-electron chi connectivity index (χ2n) is 9.30. The number of carbonyl (C=O) groups excluding carboxylic acids is 2. The first-order valence-corrected chi connectivity index (χ1v) is 16.0. The van der Waals surface area contributed by atoms with Gasteiger partial charge in [0.2, 0.25) is 5.91 Å². The maximum atomic E-state index is 12.3. The molecule has 0 aliphatic heterocycles. The summed E-state index contributed by atoms with van der Waals surface area (Å²) in [6.07, 6.45) is 4.58. The number of hydrogen-bond donors (Lipinski definition) is 5. The highest BCUT2D eigenvalue weighted by atomic mass is 32.2. The van der Waals surface area contributed by atoms with E-state index in [0.717, 1.165) is 56.5 Å². The Kier molecular flexibility index (Phi) is 11.8. The summed E-state index contributed by atoms with van der Waals surface area (Å²) in [6, 6.07) is 18.8. The fraction of sp³-hybridized carbons (Fsp3) is 0.200. The van der Waals surface area contributed by atoms with Crippen LogP contribution in [-0.4, -0.2) is 53.7 Å². The van der Waals surface area contributed by atoms with Crippen molar-refractivity contribution >= 4 is 89.3 Å². The fourth-order valence-electron chi connectivity index (χ4n) is 3.99. The maximum absolute atomic E-state index is 12.3. The topological polar surface area (TPSA) is 182 Å². The Bertz CT molecular complexity index is 1710. The molecule has 4 rings (SSSR count). The van der Waals surface area contributed by atoms with Crippen LogP contribution in [0.2, 0.25) is 0 Å². The summed E-state index contributed by atoms with van der Waals surface area (Å²) in [5.41, 5.74) is 9.24. The molecule has 6 N–H and O–H groups in total. The number of nitrogens with two attached hydrogens (primary N) is 1. The molecule has 0 radical (unpaired) electrons. The monoisotopic (exact) mass is 630 g/mol. The number of aromatic nitrogens is 2. The van der Waals surface area contributed by atoms with E-state index in [-0.39, 0.29) is 40.0 Å². The summed E-state index contributed by atoms with van der Waals surface area (Å²) < 4.78 is 0. The highest BCUT2D eigenvalue weighted by Gasteiger charge is 2.11. The van der Waals surface area contributed by atoms with Gasteiger partial charge < -0.3 is 11.1 Å². The predicted octanol–water partition coefficient (Wildman–Crippen LogP) is 5.39. The van der Waals surface area contributed by atoms with Gasteiger partial charge in [-0.25, -0.2) is 0 Å². The Balaban J connectivity index is 1.08. The molecule has 0 bridgehead atoms. The van der Waals surface area contributed by atoms with Gasteiger partial charge in [-0.15, -0.1) is 0 Å². The molecule has 4 aromatic rings. The zero-order valence-corrected chi connectivity index (χ0v) is 25.6. The summed E-state index contributed by atoms with van der Waals surface area (Å²) in [4.78, 5) is 37.1. The van der Waals surface area contributed by atoms with Gasteiger partial charge >= 0.3 is 0 Å². The van der Waals surface area contributed by atoms with Crippen LogP contribution in [0.4, 0.5) is 0 Å². The minimum Gasteiger partial charge on any atom is -0.378 e. The van der Waals surface area contributed by atoms with Crippen molar-refractivity contribution in [2.24, 2.45) is 10.7 Å². The van der Waals surface area contributed by atoms with Gasteiger partial charge in [0, 0.05) is 36.0 Å². The van der Waals surface area contributed by atoms with Crippen LogP contribution in [0, 0.1) is 16.2 Å². The number of amidine groups is 2. The van der Waals surface area contributed by atoms with Gasteiger partial charge in [0.05, 0.1) is 34.0 Å². The molecule has 2 heterocycles. The van der Waals surface area contributed by atoms with Gasteiger partial charge in [-0.2, -0.15) is 16.8 Å². The van der Waals surface area contributed by atoms with E-state index >= 15 is 0 Å². The summed E-state index contributed by atoms with van der Waals surface area (Å²) in [7, 11) is 0. The highest BCUT2D eigenvalue weighted by Crippen LogP contribution is 2.17. The number of rotatable bonds is 10. The molecular formula is C30H30N8O2S3. The van der Waals surface area contributed by atoms with Gasteiger partial charge in [-0.05, 0) is 82.6 Å². The molecule has 2 amide bonds. The Morgan fingerprint density at radius 3 is 1.95 bits per heavy atom. The lowest BCUT2D eigenvalue weighted by atomic mass is 10.1. The highest BCUT2D eigenvalue weighted by molar-refractivity contribution is 8.26. The van der Waals surface area contributed by atoms with Crippen LogP contribution in [0.1, 0.15) is 24.0 Å². The summed E-state index contributed by atoms with van der Waals surface area (Å²) in [5, 5.41) is 29.2. The second-order valence-corrected chi connectivity index (χ2v) is 12.7. The molecule has 2 aromatic carbocycles. The third kappa shape index (κ3) is 10.6. The normalized spacial score (nSPS) is 11.4. The number of nitrogens with one attached hydrogen (secondary N) is 4. The number of fused-ring (bicyclic) bond motifs is 2. The van der Waals surface area contributed by atoms with E-state index in [1.54, 1.807) is 24.2 Å². The Morgan fingerprint density at radius 1 is 0.791 bits per heavy atom. The maximum Gasteiger partial charge on any atom is 0.252 e. The van der Waals surface area contributed by atoms with Crippen LogP contribution >= 0.6 is 35.3 Å². The van der Waals surface area contributed by atoms with Crippen LogP contribution in [0.3, 0.4) is 0 Å². The van der Waals surface area contributed by atoms with Gasteiger partial charge in [0.15, 0.2) is 10.3 Å². The Morgan fingerprint density at radius 2 is 1.35 bits per heavy atom. The van der Waals surface area contributed by atoms with E-state index in [2.05, 4.69) is 20.3 Å². The average Bonchev–Trinajstić information content (AvgIpc) is 2.96. The van der Waals surface area contributed by atoms with Gasteiger partial charge in [0.25, 0.3) is 5.91 Å². The van der Waals surface area contributed by atoms with Crippen molar-refractivity contribution in [3.05, 3.63) is 84.2 Å². The molecular weight excluding hydrogens is 601 g/mol. The SMILES string of the molecule is N=C(CCSCCC(=N)SC(N)=NC(=O)Cc1ccc2ncccc2c1)SC(=N)NC(=O)Cc1ccc2ncccc2c1. The van der Waals surface area contributed by atoms with Crippen LogP contribution < -0.4 is 11.1 Å². The molecule has 2 aromatic heterocycles. The van der Waals surface area contributed by atoms with E-state index < -0.39 is 0 Å². The van der Waals surface area contributed by atoms with Crippen LogP contribution in [0.25, 0.3) is 21.8 Å². The van der Waals surface area contributed by atoms with Crippen molar-refractivity contribution < 1.29 is 9.59 Å². The molecule has 0 unspecified atom stereocenters. The third-order valence-electron chi connectivity index (χ3n) is 5.94. The van der Waals surface area contributed by atoms with Crippen molar-refractivity contribution in [3.63, 3.8) is 0 Å². The van der Waals surface area contributed by atoms with Crippen LogP contribution in [0.15, 0.2) is 78.0 Å². The lowest BCUT2D eigenvalue weighted by Gasteiger charge is -2.08. The smallest absolute Gasteiger partial charge is 0.252 e. The molecule has 0 spiro atoms. The molecule has 0 aliphatic rings. The summed E-state index contributed by atoms with van der Waals surface area (Å²) >= 11 is 3.46. The first-order chi connectivity index (χ1) is 20.7. The number of benzene rings is 2. The number of pyridine rings is 2. The van der Waals surface area contributed by atoms with E-state index in [1.165, 1.54) is 0 Å². The van der Waals surface area contributed by atoms with E-state index in [1.807, 2.05) is 60.7 Å². The van der Waals surface area contributed by atoms with Crippen molar-refractivity contribution in [2.75, 3.05) is 11.5 Å². The van der Waals surface area contributed by atoms with Crippen LogP contribution in [0.5, 0.6) is 0 Å². The fourth-order valence-corrected chi connectivity index (χ4v) is 6.37. The van der Waals surface area contributed by atoms with Crippen molar-refractivity contribution in [2.45, 2.75) is 25.7 Å². The molecule has 13 heteroatoms. The largest absolute Gasteiger partial charge is 0.378 e. The van der Waals surface area contributed by atoms with Crippen molar-refractivity contribution in [3.8, 4) is 0 Å². The van der Waals surface area contributed by atoms with Gasteiger partial charge in [-0.1, -0.05) is 24.3 Å². The Hall–Kier alpha value is -4.07. The molecule has 0 fully saturated rings. The Labute approximate surface area is 261 Å². The number of nitrogens with zero attached hydrogens (tertiary/aromatic N) is 3. The zero-order chi connectivity index (χ0) is 30.6. The molecule has 43 heavy (non-hydrogen) atoms. The standard InChI is InChI=1S/C30H30N8O2S3/c31-25(42-29(33)37-27(39)17-19-5-7-23-21(15-19)3-1-11-35-23)9-13-41-14-10-26(32)43-30(34)38-28(40)18-20-6-8-24-22(16-20)4-2-12-36-24/h1-8,11-12,15-16,31-32H,9-10,13-14,17-18H2,(H2,33,37,39)(H2,34,38,40). The van der Waals surface area contributed by atoms with Crippen LogP contribution in [-0.2, 0) is 22.4 Å². The van der Waals surface area contributed by atoms with Gasteiger partial charge in [-0.3, -0.25) is 35.8 Å². The first kappa shape index (κ1) is 31.9. The molecule has 0 aliphatic carbocycles. The minimum atomic E-state index is -0.376. The number of thioether (sulfide) groups is 3. The first-order valence-electron chi connectivity index (χ1n) is 13.3. The lowest BCUT2D eigenvalue weighted by molar-refractivity contribution is -0.119. The average molecular weight is 631 g/mol. The van der Waals surface area contributed by atoms with E-state index in [4.69, 9.17) is 22.0 Å². The minimum absolute atomic E-state index is 0.0406. The number of amides is 2. The number of hydrogen-bond acceptors (Lipinski definition) is 10. The van der Waals surface area contributed by atoms with Gasteiger partial charge in [0.1, 0.15) is 0 Å². The lowest BCUT2D eigenvalue weighted by Crippen LogP contribution is -2.29.